The minimum atomic E-state index is -0.285. The largest absolute Gasteiger partial charge is 0.290 e. The maximum absolute atomic E-state index is 10.6. The van der Waals surface area contributed by atoms with Crippen molar-refractivity contribution >= 4 is 22.9 Å². The standard InChI is InChI=1S/C5H5NO2S.C2H6/c1-2-3-4(7)6-5(8)9-3;1-2/h2H,1H3,(H,6,7,8);1-2H3/b3-2-;. The number of carbonyl (C=O) groups is 2. The second-order valence-corrected chi connectivity index (χ2v) is 2.51. The molecular weight excluding hydrogens is 162 g/mol. The highest BCUT2D eigenvalue weighted by molar-refractivity contribution is 8.18. The fourth-order valence-corrected chi connectivity index (χ4v) is 1.12. The van der Waals surface area contributed by atoms with E-state index in [2.05, 4.69) is 5.32 Å². The van der Waals surface area contributed by atoms with Gasteiger partial charge in [-0.15, -0.1) is 0 Å². The lowest BCUT2D eigenvalue weighted by atomic mass is 10.5. The third-order valence-electron chi connectivity index (χ3n) is 0.904. The second kappa shape index (κ2) is 4.96. The fourth-order valence-electron chi connectivity index (χ4n) is 0.516. The summed E-state index contributed by atoms with van der Waals surface area (Å²) in [7, 11) is 0. The summed E-state index contributed by atoms with van der Waals surface area (Å²) in [6.07, 6.45) is 1.62. The summed E-state index contributed by atoms with van der Waals surface area (Å²) in [5, 5.41) is 1.85. The van der Waals surface area contributed by atoms with Gasteiger partial charge in [0.15, 0.2) is 0 Å². The van der Waals surface area contributed by atoms with E-state index in [-0.39, 0.29) is 11.1 Å². The van der Waals surface area contributed by atoms with E-state index in [1.54, 1.807) is 13.0 Å². The van der Waals surface area contributed by atoms with E-state index in [9.17, 15) is 9.59 Å². The van der Waals surface area contributed by atoms with Gasteiger partial charge in [-0.25, -0.2) is 0 Å². The molecule has 2 amide bonds. The lowest BCUT2D eigenvalue weighted by molar-refractivity contribution is -0.115. The Morgan fingerprint density at radius 2 is 1.91 bits per heavy atom. The van der Waals surface area contributed by atoms with Gasteiger partial charge in [-0.05, 0) is 18.7 Å². The first kappa shape index (κ1) is 10.2. The minimum absolute atomic E-state index is 0.284. The van der Waals surface area contributed by atoms with Crippen molar-refractivity contribution < 1.29 is 9.59 Å². The second-order valence-electron chi connectivity index (χ2n) is 1.50. The Morgan fingerprint density at radius 3 is 2.09 bits per heavy atom. The van der Waals surface area contributed by atoms with Crippen LogP contribution in [-0.4, -0.2) is 11.1 Å². The maximum Gasteiger partial charge on any atom is 0.290 e. The number of hydrogen-bond donors (Lipinski definition) is 1. The van der Waals surface area contributed by atoms with E-state index in [0.717, 1.165) is 11.8 Å². The highest BCUT2D eigenvalue weighted by Crippen LogP contribution is 2.21. The number of carbonyl (C=O) groups excluding carboxylic acids is 2. The molecule has 0 unspecified atom stereocenters. The van der Waals surface area contributed by atoms with E-state index < -0.39 is 0 Å². The van der Waals surface area contributed by atoms with Gasteiger partial charge < -0.3 is 0 Å². The first-order valence-corrected chi connectivity index (χ1v) is 4.25. The number of rotatable bonds is 0. The summed E-state index contributed by atoms with van der Waals surface area (Å²) in [5.74, 6) is -0.285. The Balaban J connectivity index is 0.000000461. The molecule has 0 bridgehead atoms. The van der Waals surface area contributed by atoms with Gasteiger partial charge in [0.1, 0.15) is 0 Å². The van der Waals surface area contributed by atoms with Crippen molar-refractivity contribution in [3.05, 3.63) is 11.0 Å². The number of nitrogens with one attached hydrogen (secondary N) is 1. The molecule has 0 aromatic heterocycles. The number of thioether (sulfide) groups is 1. The van der Waals surface area contributed by atoms with Crippen molar-refractivity contribution in [3.8, 4) is 0 Å². The number of allylic oxidation sites excluding steroid dienone is 1. The quantitative estimate of drug-likeness (QED) is 0.569. The van der Waals surface area contributed by atoms with Crippen LogP contribution in [0, 0.1) is 0 Å². The van der Waals surface area contributed by atoms with Gasteiger partial charge in [0.05, 0.1) is 4.91 Å². The molecule has 0 aliphatic carbocycles. The zero-order chi connectivity index (χ0) is 8.85. The van der Waals surface area contributed by atoms with Crippen molar-refractivity contribution in [3.63, 3.8) is 0 Å². The summed E-state index contributed by atoms with van der Waals surface area (Å²) in [6, 6.07) is 0. The van der Waals surface area contributed by atoms with Gasteiger partial charge in [-0.2, -0.15) is 0 Å². The lowest BCUT2D eigenvalue weighted by Crippen LogP contribution is -2.17. The van der Waals surface area contributed by atoms with Crippen molar-refractivity contribution in [1.82, 2.24) is 5.32 Å². The van der Waals surface area contributed by atoms with Crippen LogP contribution in [0.15, 0.2) is 11.0 Å². The molecule has 1 fully saturated rings. The summed E-state index contributed by atoms with van der Waals surface area (Å²) < 4.78 is 0. The molecular formula is C7H11NO2S. The van der Waals surface area contributed by atoms with Crippen molar-refractivity contribution in [2.45, 2.75) is 20.8 Å². The Morgan fingerprint density at radius 1 is 1.36 bits per heavy atom. The van der Waals surface area contributed by atoms with Crippen molar-refractivity contribution in [1.29, 1.82) is 0 Å². The molecule has 62 valence electrons. The van der Waals surface area contributed by atoms with Crippen LogP contribution in [0.25, 0.3) is 0 Å². The smallest absolute Gasteiger partial charge is 0.282 e. The van der Waals surface area contributed by atoms with Gasteiger partial charge in [-0.3, -0.25) is 14.9 Å². The number of imide groups is 1. The van der Waals surface area contributed by atoms with Gasteiger partial charge >= 0.3 is 0 Å². The van der Waals surface area contributed by atoms with E-state index in [1.165, 1.54) is 0 Å². The average Bonchev–Trinajstić information content (AvgIpc) is 2.33. The van der Waals surface area contributed by atoms with Crippen LogP contribution in [0.3, 0.4) is 0 Å². The van der Waals surface area contributed by atoms with Crippen molar-refractivity contribution in [2.75, 3.05) is 0 Å². The van der Waals surface area contributed by atoms with E-state index in [4.69, 9.17) is 0 Å². The third kappa shape index (κ3) is 2.76. The third-order valence-corrected chi connectivity index (χ3v) is 1.83. The Labute approximate surface area is 70.2 Å². The highest BCUT2D eigenvalue weighted by atomic mass is 32.2. The first-order chi connectivity index (χ1) is 5.24. The van der Waals surface area contributed by atoms with Crippen molar-refractivity contribution in [2.24, 2.45) is 0 Å². The average molecular weight is 173 g/mol. The van der Waals surface area contributed by atoms with Gasteiger partial charge in [0, 0.05) is 0 Å². The molecule has 4 heteroatoms. The molecule has 0 saturated carbocycles. The molecule has 1 N–H and O–H groups in total. The molecule has 1 saturated heterocycles. The van der Waals surface area contributed by atoms with Gasteiger partial charge in [0.2, 0.25) is 0 Å². The highest BCUT2D eigenvalue weighted by Gasteiger charge is 2.23. The molecule has 0 spiro atoms. The van der Waals surface area contributed by atoms with Crippen LogP contribution in [0.5, 0.6) is 0 Å². The summed E-state index contributed by atoms with van der Waals surface area (Å²) >= 11 is 0.935. The van der Waals surface area contributed by atoms with Crippen LogP contribution < -0.4 is 5.32 Å². The fraction of sp³-hybridized carbons (Fsp3) is 0.429. The van der Waals surface area contributed by atoms with Crippen LogP contribution >= 0.6 is 11.8 Å². The lowest BCUT2D eigenvalue weighted by Gasteiger charge is -1.81. The van der Waals surface area contributed by atoms with E-state index >= 15 is 0 Å². The maximum atomic E-state index is 10.6. The Bertz CT molecular complexity index is 199. The minimum Gasteiger partial charge on any atom is -0.282 e. The molecule has 0 atom stereocenters. The molecule has 0 radical (unpaired) electrons. The molecule has 1 aliphatic rings. The molecule has 3 nitrogen and oxygen atoms in total. The number of hydrogen-bond acceptors (Lipinski definition) is 3. The summed E-state index contributed by atoms with van der Waals surface area (Å²) in [4.78, 5) is 21.5. The summed E-state index contributed by atoms with van der Waals surface area (Å²) in [5.41, 5.74) is 0. The topological polar surface area (TPSA) is 46.2 Å². The molecule has 0 aromatic rings. The Hall–Kier alpha value is -0.770. The normalized spacial score (nSPS) is 19.4. The van der Waals surface area contributed by atoms with Crippen LogP contribution in [0.2, 0.25) is 0 Å². The van der Waals surface area contributed by atoms with Crippen LogP contribution in [0.1, 0.15) is 20.8 Å². The summed E-state index contributed by atoms with van der Waals surface area (Å²) in [6.45, 7) is 5.72. The van der Waals surface area contributed by atoms with E-state index in [0.29, 0.717) is 4.91 Å². The predicted molar refractivity (Wildman–Crippen MR) is 46.2 cm³/mol. The molecule has 1 heterocycles. The molecule has 1 rings (SSSR count). The zero-order valence-electron chi connectivity index (χ0n) is 6.80. The number of amides is 2. The van der Waals surface area contributed by atoms with Gasteiger partial charge in [0.25, 0.3) is 11.1 Å². The monoisotopic (exact) mass is 173 g/mol. The SMILES string of the molecule is C/C=C1\SC(=O)NC1=O.CC. The Kier molecular flexibility index (Phi) is 4.61. The van der Waals surface area contributed by atoms with E-state index in [1.807, 2.05) is 13.8 Å². The zero-order valence-corrected chi connectivity index (χ0v) is 7.62. The predicted octanol–water partition coefficient (Wildman–Crippen LogP) is 1.90. The molecule has 11 heavy (non-hydrogen) atoms. The first-order valence-electron chi connectivity index (χ1n) is 3.43. The molecule has 0 aromatic carbocycles. The van der Waals surface area contributed by atoms with Gasteiger partial charge in [-0.1, -0.05) is 19.9 Å². The molecule has 1 aliphatic heterocycles. The van der Waals surface area contributed by atoms with Crippen LogP contribution in [0.4, 0.5) is 4.79 Å². The van der Waals surface area contributed by atoms with Crippen LogP contribution in [-0.2, 0) is 4.79 Å².